The second kappa shape index (κ2) is 42.5. The van der Waals surface area contributed by atoms with Gasteiger partial charge in [0.25, 0.3) is 23.6 Å². The zero-order valence-corrected chi connectivity index (χ0v) is 81.6. The minimum absolute atomic E-state index is 0.0192. The third-order valence-corrected chi connectivity index (χ3v) is 31.2. The van der Waals surface area contributed by atoms with E-state index in [4.69, 9.17) is 23.5 Å². The topological polar surface area (TPSA) is 138 Å². The number of carbonyl (C=O) groups is 5. The molecule has 0 radical (unpaired) electrons. The third-order valence-electron chi connectivity index (χ3n) is 26.1. The van der Waals surface area contributed by atoms with E-state index in [2.05, 4.69) is 185 Å². The first kappa shape index (κ1) is 93.8. The fourth-order valence-corrected chi connectivity index (χ4v) is 22.9. The van der Waals surface area contributed by atoms with Gasteiger partial charge in [-0.25, -0.2) is 14.6 Å². The fourth-order valence-electron chi connectivity index (χ4n) is 18.6. The number of fused-ring (bicyclic) bond motifs is 2. The van der Waals surface area contributed by atoms with E-state index in [1.165, 1.54) is 122 Å². The van der Waals surface area contributed by atoms with E-state index >= 15 is 19.2 Å². The van der Waals surface area contributed by atoms with Crippen molar-refractivity contribution in [3.05, 3.63) is 204 Å². The smallest absolute Gasteiger partial charge is 0.493 e. The van der Waals surface area contributed by atoms with E-state index in [0.29, 0.717) is 87.5 Å². The molecule has 3 aliphatic heterocycles. The van der Waals surface area contributed by atoms with Crippen molar-refractivity contribution in [2.24, 2.45) is 0 Å². The summed E-state index contributed by atoms with van der Waals surface area (Å²) >= 11 is 10.5. The predicted octanol–water partition coefficient (Wildman–Crippen LogP) is 31.8. The lowest BCUT2D eigenvalue weighted by Gasteiger charge is -2.34. The molecule has 4 aromatic heterocycles. The van der Waals surface area contributed by atoms with Gasteiger partial charge in [-0.2, -0.15) is 0 Å². The highest BCUT2D eigenvalue weighted by atomic mass is 79.9. The molecule has 12 nitrogen and oxygen atoms in total. The van der Waals surface area contributed by atoms with Crippen LogP contribution in [0.4, 0.5) is 11.4 Å². The first-order valence-corrected chi connectivity index (χ1v) is 51.2. The maximum Gasteiger partial charge on any atom is 0.505 e. The van der Waals surface area contributed by atoms with Crippen LogP contribution in [0.1, 0.15) is 361 Å². The largest absolute Gasteiger partial charge is 0.505 e. The van der Waals surface area contributed by atoms with Gasteiger partial charge in [0.05, 0.1) is 51.7 Å². The molecule has 0 unspecified atom stereocenters. The van der Waals surface area contributed by atoms with Gasteiger partial charge in [-0.15, -0.1) is 45.3 Å². The minimum Gasteiger partial charge on any atom is -0.493 e. The molecule has 0 atom stereocenters. The normalized spacial score (nSPS) is 14.4. The summed E-state index contributed by atoms with van der Waals surface area (Å²) in [6.45, 7) is 31.2. The molecular formula is C108H128BBrN2O10S4. The number of esters is 1. The van der Waals surface area contributed by atoms with Crippen molar-refractivity contribution in [3.63, 3.8) is 0 Å². The molecule has 0 saturated carbocycles. The number of carbonyl (C=O) groups excluding carboxylic acids is 5. The van der Waals surface area contributed by atoms with Crippen LogP contribution in [0, 0.1) is 0 Å². The number of hydrogen-bond acceptors (Lipinski definition) is 14. The Morgan fingerprint density at radius 3 is 1.29 bits per heavy atom. The van der Waals surface area contributed by atoms with Crippen LogP contribution in [0.3, 0.4) is 0 Å². The second-order valence-electron chi connectivity index (χ2n) is 37.1. The highest BCUT2D eigenvalue weighted by Crippen LogP contribution is 2.54. The average molecular weight is 1830 g/mol. The quantitative estimate of drug-likeness (QED) is 0.00907. The summed E-state index contributed by atoms with van der Waals surface area (Å²) in [6.07, 6.45) is 29.5. The van der Waals surface area contributed by atoms with E-state index < -0.39 is 0 Å². The Balaban J connectivity index is 0.000000594. The number of anilines is 2. The molecule has 126 heavy (non-hydrogen) atoms. The van der Waals surface area contributed by atoms with Crippen molar-refractivity contribution >= 4 is 157 Å². The molecule has 8 aromatic carbocycles. The zero-order chi connectivity index (χ0) is 89.1. The molecule has 1 fully saturated rings. The Kier molecular flexibility index (Phi) is 31.6. The molecule has 15 rings (SSSR count). The highest BCUT2D eigenvalue weighted by molar-refractivity contribution is 9.11. The van der Waals surface area contributed by atoms with Crippen LogP contribution >= 0.6 is 61.3 Å². The van der Waals surface area contributed by atoms with Crippen molar-refractivity contribution in [3.8, 4) is 41.4 Å². The van der Waals surface area contributed by atoms with Gasteiger partial charge in [0.2, 0.25) is 0 Å². The van der Waals surface area contributed by atoms with Crippen LogP contribution in [0.2, 0.25) is 0 Å². The van der Waals surface area contributed by atoms with Gasteiger partial charge in [-0.05, 0) is 238 Å². The first-order valence-electron chi connectivity index (χ1n) is 47.0. The van der Waals surface area contributed by atoms with Gasteiger partial charge < -0.3 is 23.5 Å². The van der Waals surface area contributed by atoms with Crippen LogP contribution in [-0.2, 0) is 20.5 Å². The molecular weight excluding hydrogens is 1700 g/mol. The van der Waals surface area contributed by atoms with Gasteiger partial charge >= 0.3 is 13.1 Å². The van der Waals surface area contributed by atoms with Crippen LogP contribution in [0.15, 0.2) is 149 Å². The summed E-state index contributed by atoms with van der Waals surface area (Å²) in [5, 5.41) is 8.48. The average Bonchev–Trinajstić information content (AvgIpc) is 0.739. The van der Waals surface area contributed by atoms with Crippen LogP contribution in [0.25, 0.3) is 73.0 Å². The third kappa shape index (κ3) is 20.6. The maximum atomic E-state index is 16.1. The van der Waals surface area contributed by atoms with Crippen LogP contribution in [0.5, 0.6) is 11.5 Å². The molecule has 0 N–H and O–H groups in total. The van der Waals surface area contributed by atoms with Crippen molar-refractivity contribution in [1.82, 2.24) is 0 Å². The lowest BCUT2D eigenvalue weighted by molar-refractivity contribution is 0.00578. The van der Waals surface area contributed by atoms with Crippen molar-refractivity contribution in [2.75, 3.05) is 29.6 Å². The molecule has 3 aliphatic rings. The van der Waals surface area contributed by atoms with Crippen molar-refractivity contribution in [1.29, 1.82) is 0 Å². The number of amides is 4. The molecule has 1 saturated heterocycles. The van der Waals surface area contributed by atoms with E-state index in [1.54, 1.807) is 57.5 Å². The number of unbranched alkanes of at least 4 members (excludes halogenated alkanes) is 22. The van der Waals surface area contributed by atoms with Gasteiger partial charge in [0.1, 0.15) is 11.5 Å². The SMILES string of the molecule is CC1(C)OB(c2ccc(-c3cccs3)s2)OC1(C)C.CCCCCCCCCCCCOc1cc(OCCCCCCCCCCCC)cc(C(=O)OCCCCCCCc2cc3c4c(ccc5c6c(-c7ccc(-c8ccc(Br)s8)s7)cc7c8c(ccc(c2c45)c86)C(=O)N(c2c(C(C)C)cccc2C(C)C)C7=O)C(=O)N(c2c(C(C)C)cccc2C(C)C)C3=O)c1. The van der Waals surface area contributed by atoms with E-state index in [9.17, 15) is 4.79 Å². The van der Waals surface area contributed by atoms with Crippen LogP contribution < -0.4 is 24.1 Å². The molecule has 0 aliphatic carbocycles. The van der Waals surface area contributed by atoms with Crippen molar-refractivity contribution in [2.45, 2.75) is 299 Å². The number of benzene rings is 8. The lowest BCUT2D eigenvalue weighted by Crippen LogP contribution is -2.42. The molecule has 4 amide bonds. The highest BCUT2D eigenvalue weighted by Gasteiger charge is 2.52. The number of nitrogens with zero attached hydrogens (tertiary/aromatic N) is 2. The van der Waals surface area contributed by atoms with Crippen LogP contribution in [-0.4, -0.2) is 67.7 Å². The number of aryl methyl sites for hydroxylation is 1. The molecule has 0 bridgehead atoms. The van der Waals surface area contributed by atoms with E-state index in [1.807, 2.05) is 60.7 Å². The number of halogens is 1. The summed E-state index contributed by atoms with van der Waals surface area (Å²) in [7, 11) is -0.247. The van der Waals surface area contributed by atoms with Gasteiger partial charge in [0, 0.05) is 73.8 Å². The van der Waals surface area contributed by atoms with Gasteiger partial charge in [0.15, 0.2) is 0 Å². The number of thiophene rings is 4. The molecule has 7 heterocycles. The Labute approximate surface area is 772 Å². The maximum absolute atomic E-state index is 16.1. The van der Waals surface area contributed by atoms with E-state index in [-0.39, 0.29) is 78.2 Å². The number of rotatable bonds is 43. The second-order valence-corrected chi connectivity index (χ2v) is 42.8. The Hall–Kier alpha value is -8.33. The number of ether oxygens (including phenoxy) is 3. The fraction of sp³-hybridized carbons (Fsp3) is 0.454. The Bertz CT molecular complexity index is 5710. The summed E-state index contributed by atoms with van der Waals surface area (Å²) in [5.41, 5.74) is 8.57. The number of hydrogen-bond donors (Lipinski definition) is 0. The Morgan fingerprint density at radius 1 is 0.397 bits per heavy atom. The van der Waals surface area contributed by atoms with Gasteiger partial charge in [-0.3, -0.25) is 19.2 Å². The monoisotopic (exact) mass is 1830 g/mol. The van der Waals surface area contributed by atoms with Gasteiger partial charge in [-0.1, -0.05) is 265 Å². The summed E-state index contributed by atoms with van der Waals surface area (Å²) in [4.78, 5) is 86.3. The minimum atomic E-state index is -0.387. The summed E-state index contributed by atoms with van der Waals surface area (Å²) < 4.78 is 33.0. The standard InChI is InChI=1S/C94H111BrN2O8S2.C14H17BO2S2/c1-11-13-15-17-19-21-23-25-29-33-51-103-65-54-64(55-66(57-65)104-52-34-30-26-24-22-20-18-16-14-12-2)94(102)105-53-35-31-27-28-32-38-63-56-76-84-73(90(98)96(92(76)100)88-67(59(3)4)39-36-40-68(88)60(5)6)46-44-72-83-75(78-47-48-79(106-78)80-49-50-81(95)107-80)58-77-85-74(45-43-71(87(83)85)82(63)86(72)84)91(99)97(93(77)101)89-69(61(7)8)41-37-42-70(89)62(9)10;1-13(2)14(3,4)17-15(16-13)12-8-7-11(19-12)10-6-5-9-18-10/h36-37,39-50,54-62H,11-35,38,51-53H2,1-10H3;5-9H,1-4H3. The lowest BCUT2D eigenvalue weighted by atomic mass is 9.78. The zero-order valence-electron chi connectivity index (χ0n) is 76.7. The Morgan fingerprint density at radius 2 is 0.817 bits per heavy atom. The molecule has 12 aromatic rings. The summed E-state index contributed by atoms with van der Waals surface area (Å²) in [5.74, 6) is -0.492. The van der Waals surface area contributed by atoms with Crippen molar-refractivity contribution < 1.29 is 47.5 Å². The molecule has 664 valence electrons. The molecule has 18 heteroatoms. The number of imide groups is 2. The first-order chi connectivity index (χ1) is 60.8. The predicted molar refractivity (Wildman–Crippen MR) is 535 cm³/mol. The summed E-state index contributed by atoms with van der Waals surface area (Å²) in [6, 6.07) is 46.8. The number of para-hydroxylation sites is 2. The molecule has 0 spiro atoms. The van der Waals surface area contributed by atoms with E-state index in [0.717, 1.165) is 140 Å².